The SMILES string of the molecule is Cc1cn(C[C@@]23CC(C(=O)Nc4nc(Br)ccc4C)N(C(=O)OC(C)(C)C)[C@@H]2C3)cn1. The third-order valence-electron chi connectivity index (χ3n) is 5.89. The van der Waals surface area contributed by atoms with Crippen LogP contribution in [0, 0.1) is 19.3 Å². The fraction of sp³-hybridized carbons (Fsp3) is 0.545. The van der Waals surface area contributed by atoms with E-state index in [1.807, 2.05) is 57.5 Å². The minimum Gasteiger partial charge on any atom is -0.444 e. The van der Waals surface area contributed by atoms with E-state index in [-0.39, 0.29) is 17.4 Å². The number of imidazole rings is 1. The largest absolute Gasteiger partial charge is 0.444 e. The Labute approximate surface area is 190 Å². The predicted molar refractivity (Wildman–Crippen MR) is 120 cm³/mol. The Kier molecular flexibility index (Phi) is 5.36. The van der Waals surface area contributed by atoms with E-state index < -0.39 is 17.7 Å². The van der Waals surface area contributed by atoms with E-state index in [9.17, 15) is 9.59 Å². The summed E-state index contributed by atoms with van der Waals surface area (Å²) in [5.41, 5.74) is 1.02. The zero-order chi connectivity index (χ0) is 22.6. The van der Waals surface area contributed by atoms with Gasteiger partial charge in [-0.05, 0) is 75.0 Å². The molecular weight excluding hydrogens is 462 g/mol. The van der Waals surface area contributed by atoms with Gasteiger partial charge in [0.05, 0.1) is 12.0 Å². The summed E-state index contributed by atoms with van der Waals surface area (Å²) < 4.78 is 8.34. The van der Waals surface area contributed by atoms with Crippen LogP contribution in [-0.4, -0.2) is 49.1 Å². The number of aryl methyl sites for hydroxylation is 2. The summed E-state index contributed by atoms with van der Waals surface area (Å²) in [6.07, 6.45) is 4.77. The molecule has 2 fully saturated rings. The minimum atomic E-state index is -0.637. The maximum absolute atomic E-state index is 13.3. The number of fused-ring (bicyclic) bond motifs is 1. The van der Waals surface area contributed by atoms with Gasteiger partial charge in [-0.2, -0.15) is 0 Å². The van der Waals surface area contributed by atoms with Crippen LogP contribution in [0.25, 0.3) is 0 Å². The molecule has 0 bridgehead atoms. The Hall–Kier alpha value is -2.42. The van der Waals surface area contributed by atoms with Gasteiger partial charge < -0.3 is 14.6 Å². The zero-order valence-corrected chi connectivity index (χ0v) is 20.1. The van der Waals surface area contributed by atoms with E-state index in [0.29, 0.717) is 16.8 Å². The highest BCUT2D eigenvalue weighted by atomic mass is 79.9. The van der Waals surface area contributed by atoms with E-state index in [2.05, 4.69) is 31.2 Å². The van der Waals surface area contributed by atoms with Gasteiger partial charge in [0.2, 0.25) is 5.91 Å². The van der Waals surface area contributed by atoms with E-state index in [0.717, 1.165) is 24.2 Å². The lowest BCUT2D eigenvalue weighted by atomic mass is 9.99. The number of pyridine rings is 1. The highest BCUT2D eigenvalue weighted by Gasteiger charge is 2.68. The van der Waals surface area contributed by atoms with E-state index >= 15 is 0 Å². The van der Waals surface area contributed by atoms with Gasteiger partial charge in [-0.15, -0.1) is 0 Å². The summed E-state index contributed by atoms with van der Waals surface area (Å²) >= 11 is 3.35. The molecule has 8 nitrogen and oxygen atoms in total. The monoisotopic (exact) mass is 489 g/mol. The van der Waals surface area contributed by atoms with Crippen molar-refractivity contribution in [3.8, 4) is 0 Å². The van der Waals surface area contributed by atoms with Crippen LogP contribution in [0.5, 0.6) is 0 Å². The zero-order valence-electron chi connectivity index (χ0n) is 18.5. The van der Waals surface area contributed by atoms with E-state index in [1.54, 1.807) is 11.2 Å². The van der Waals surface area contributed by atoms with Crippen molar-refractivity contribution in [2.24, 2.45) is 5.41 Å². The molecule has 1 aliphatic heterocycles. The number of anilines is 1. The molecule has 9 heteroatoms. The Morgan fingerprint density at radius 3 is 2.68 bits per heavy atom. The first kappa shape index (κ1) is 21.8. The van der Waals surface area contributed by atoms with Crippen molar-refractivity contribution >= 4 is 33.7 Å². The lowest BCUT2D eigenvalue weighted by Crippen LogP contribution is -2.47. The molecule has 3 heterocycles. The second-order valence-corrected chi connectivity index (χ2v) is 10.5. The summed E-state index contributed by atoms with van der Waals surface area (Å²) in [6.45, 7) is 10.0. The molecule has 3 atom stereocenters. The van der Waals surface area contributed by atoms with Crippen LogP contribution in [0.1, 0.15) is 44.9 Å². The molecule has 2 aliphatic rings. The molecule has 31 heavy (non-hydrogen) atoms. The summed E-state index contributed by atoms with van der Waals surface area (Å²) in [5, 5.41) is 2.92. The average Bonchev–Trinajstić information content (AvgIpc) is 3.00. The van der Waals surface area contributed by atoms with Crippen molar-refractivity contribution in [1.29, 1.82) is 0 Å². The second-order valence-electron chi connectivity index (χ2n) is 9.67. The number of piperidine rings is 1. The molecule has 0 radical (unpaired) electrons. The maximum Gasteiger partial charge on any atom is 0.411 e. The standard InChI is InChI=1S/C22H28BrN5O3/c1-13-6-7-17(23)25-18(13)26-19(29)15-8-22(11-27-10-14(2)24-12-27)9-16(22)28(15)20(30)31-21(3,4)5/h6-7,10,12,15-16H,8-9,11H2,1-5H3,(H,25,26,29)/t15?,16-,22+/m1/s1. The third-order valence-corrected chi connectivity index (χ3v) is 6.33. The molecule has 2 aromatic heterocycles. The number of rotatable bonds is 4. The van der Waals surface area contributed by atoms with Gasteiger partial charge >= 0.3 is 6.09 Å². The van der Waals surface area contributed by atoms with Gasteiger partial charge in [0, 0.05) is 24.2 Å². The van der Waals surface area contributed by atoms with Crippen LogP contribution < -0.4 is 5.32 Å². The molecular formula is C22H28BrN5O3. The molecule has 1 saturated heterocycles. The number of aromatic nitrogens is 3. The van der Waals surface area contributed by atoms with Crippen molar-refractivity contribution in [2.75, 3.05) is 5.32 Å². The Morgan fingerprint density at radius 2 is 2.03 bits per heavy atom. The minimum absolute atomic E-state index is 0.0302. The number of amides is 2. The lowest BCUT2D eigenvalue weighted by Gasteiger charge is -2.29. The summed E-state index contributed by atoms with van der Waals surface area (Å²) in [7, 11) is 0. The summed E-state index contributed by atoms with van der Waals surface area (Å²) in [4.78, 5) is 36.7. The molecule has 2 aromatic rings. The highest BCUT2D eigenvalue weighted by molar-refractivity contribution is 9.10. The number of carbonyl (C=O) groups is 2. The third kappa shape index (κ3) is 4.46. The van der Waals surface area contributed by atoms with Crippen molar-refractivity contribution in [3.63, 3.8) is 0 Å². The normalized spacial score (nSPS) is 24.6. The molecule has 1 unspecified atom stereocenters. The first-order chi connectivity index (χ1) is 14.5. The first-order valence-corrected chi connectivity index (χ1v) is 11.2. The molecule has 1 aliphatic carbocycles. The summed E-state index contributed by atoms with van der Waals surface area (Å²) in [6, 6.07) is 3.06. The average molecular weight is 490 g/mol. The van der Waals surface area contributed by atoms with Crippen molar-refractivity contribution in [2.45, 2.75) is 71.7 Å². The fourth-order valence-corrected chi connectivity index (χ4v) is 4.73. The Morgan fingerprint density at radius 1 is 1.29 bits per heavy atom. The lowest BCUT2D eigenvalue weighted by molar-refractivity contribution is -0.121. The molecule has 0 aromatic carbocycles. The topological polar surface area (TPSA) is 89.4 Å². The predicted octanol–water partition coefficient (Wildman–Crippen LogP) is 4.06. The molecule has 0 spiro atoms. The Bertz CT molecular complexity index is 1030. The molecule has 166 valence electrons. The van der Waals surface area contributed by atoms with Crippen LogP contribution in [0.15, 0.2) is 29.3 Å². The van der Waals surface area contributed by atoms with Gasteiger partial charge in [0.1, 0.15) is 22.1 Å². The first-order valence-electron chi connectivity index (χ1n) is 10.4. The number of hydrogen-bond acceptors (Lipinski definition) is 5. The van der Waals surface area contributed by atoms with Crippen LogP contribution in [0.4, 0.5) is 10.6 Å². The molecule has 1 saturated carbocycles. The van der Waals surface area contributed by atoms with Gasteiger partial charge in [-0.25, -0.2) is 14.8 Å². The van der Waals surface area contributed by atoms with E-state index in [4.69, 9.17) is 4.74 Å². The van der Waals surface area contributed by atoms with Gasteiger partial charge in [-0.3, -0.25) is 9.69 Å². The molecule has 4 rings (SSSR count). The Balaban J connectivity index is 1.58. The summed E-state index contributed by atoms with van der Waals surface area (Å²) in [5.74, 6) is 0.247. The number of halogens is 1. The van der Waals surface area contributed by atoms with Gasteiger partial charge in [-0.1, -0.05) is 6.07 Å². The van der Waals surface area contributed by atoms with Crippen molar-refractivity contribution in [3.05, 3.63) is 40.5 Å². The number of nitrogens with zero attached hydrogens (tertiary/aromatic N) is 4. The molecule has 2 amide bonds. The smallest absolute Gasteiger partial charge is 0.411 e. The van der Waals surface area contributed by atoms with Crippen LogP contribution in [0.2, 0.25) is 0 Å². The number of carbonyl (C=O) groups excluding carboxylic acids is 2. The number of likely N-dealkylation sites (tertiary alicyclic amines) is 1. The molecule has 1 N–H and O–H groups in total. The van der Waals surface area contributed by atoms with Crippen LogP contribution >= 0.6 is 15.9 Å². The van der Waals surface area contributed by atoms with Crippen molar-refractivity contribution in [1.82, 2.24) is 19.4 Å². The number of ether oxygens (including phenoxy) is 1. The highest BCUT2D eigenvalue weighted by Crippen LogP contribution is 2.60. The maximum atomic E-state index is 13.3. The quantitative estimate of drug-likeness (QED) is 0.653. The number of hydrogen-bond donors (Lipinski definition) is 1. The van der Waals surface area contributed by atoms with Gasteiger partial charge in [0.15, 0.2) is 0 Å². The second kappa shape index (κ2) is 7.62. The number of nitrogens with one attached hydrogen (secondary N) is 1. The van der Waals surface area contributed by atoms with Crippen LogP contribution in [-0.2, 0) is 16.1 Å². The van der Waals surface area contributed by atoms with Crippen LogP contribution in [0.3, 0.4) is 0 Å². The van der Waals surface area contributed by atoms with E-state index in [1.165, 1.54) is 0 Å². The van der Waals surface area contributed by atoms with Crippen molar-refractivity contribution < 1.29 is 14.3 Å². The fourth-order valence-electron chi connectivity index (χ4n) is 4.42. The van der Waals surface area contributed by atoms with Gasteiger partial charge in [0.25, 0.3) is 0 Å².